The van der Waals surface area contributed by atoms with Crippen LogP contribution in [-0.4, -0.2) is 18.7 Å². The molecule has 0 radical (unpaired) electrons. The van der Waals surface area contributed by atoms with E-state index in [9.17, 15) is 9.59 Å². The highest BCUT2D eigenvalue weighted by molar-refractivity contribution is 5.94. The second-order valence-corrected chi connectivity index (χ2v) is 6.42. The quantitative estimate of drug-likeness (QED) is 0.585. The first-order valence-electron chi connectivity index (χ1n) is 9.00. The molecular formula is C23H23NO2. The highest BCUT2D eigenvalue weighted by atomic mass is 16.2. The van der Waals surface area contributed by atoms with Gasteiger partial charge in [-0.2, -0.15) is 0 Å². The van der Waals surface area contributed by atoms with Crippen LogP contribution >= 0.6 is 0 Å². The number of nitrogens with zero attached hydrogens (tertiary/aromatic N) is 1. The van der Waals surface area contributed by atoms with Crippen molar-refractivity contribution in [1.29, 1.82) is 0 Å². The zero-order valence-electron chi connectivity index (χ0n) is 15.0. The number of carbonyl (C=O) groups excluding carboxylic acids is 2. The molecule has 3 aromatic carbocycles. The number of carbonyl (C=O) groups is 2. The predicted molar refractivity (Wildman–Crippen MR) is 106 cm³/mol. The molecule has 0 spiro atoms. The lowest BCUT2D eigenvalue weighted by atomic mass is 9.93. The zero-order valence-corrected chi connectivity index (χ0v) is 15.0. The maximum atomic E-state index is 12.8. The zero-order chi connectivity index (χ0) is 18.4. The van der Waals surface area contributed by atoms with Gasteiger partial charge in [-0.25, -0.2) is 0 Å². The van der Waals surface area contributed by atoms with E-state index in [2.05, 4.69) is 18.2 Å². The fourth-order valence-electron chi connectivity index (χ4n) is 3.37. The summed E-state index contributed by atoms with van der Waals surface area (Å²) in [6.45, 7) is 2.54. The minimum atomic E-state index is -0.328. The maximum absolute atomic E-state index is 12.8. The fraction of sp³-hybridized carbons (Fsp3) is 0.217. The summed E-state index contributed by atoms with van der Waals surface area (Å²) in [6.07, 6.45) is 1.71. The van der Waals surface area contributed by atoms with E-state index in [4.69, 9.17) is 0 Å². The number of amides is 1. The van der Waals surface area contributed by atoms with Crippen LogP contribution in [0.5, 0.6) is 0 Å². The minimum Gasteiger partial charge on any atom is -0.313 e. The fourth-order valence-corrected chi connectivity index (χ4v) is 3.37. The normalized spacial score (nSPS) is 11.9. The van der Waals surface area contributed by atoms with Crippen LogP contribution in [0.1, 0.15) is 18.9 Å². The van der Waals surface area contributed by atoms with E-state index in [1.54, 1.807) is 4.90 Å². The summed E-state index contributed by atoms with van der Waals surface area (Å²) in [5.74, 6) is -0.345. The maximum Gasteiger partial charge on any atom is 0.227 e. The van der Waals surface area contributed by atoms with Crippen molar-refractivity contribution in [2.24, 2.45) is 5.92 Å². The first kappa shape index (κ1) is 17.9. The molecule has 1 amide bonds. The predicted octanol–water partition coefficient (Wildman–Crippen LogP) is 4.64. The van der Waals surface area contributed by atoms with E-state index in [-0.39, 0.29) is 18.2 Å². The molecule has 3 heteroatoms. The Labute approximate surface area is 154 Å². The molecule has 3 rings (SSSR count). The third-order valence-corrected chi connectivity index (χ3v) is 4.68. The smallest absolute Gasteiger partial charge is 0.227 e. The molecule has 1 unspecified atom stereocenters. The first-order chi connectivity index (χ1) is 12.7. The number of para-hydroxylation sites is 1. The molecular weight excluding hydrogens is 322 g/mol. The van der Waals surface area contributed by atoms with Gasteiger partial charge >= 0.3 is 0 Å². The van der Waals surface area contributed by atoms with Gasteiger partial charge in [0.05, 0.1) is 0 Å². The second-order valence-electron chi connectivity index (χ2n) is 6.42. The second kappa shape index (κ2) is 8.43. The van der Waals surface area contributed by atoms with E-state index < -0.39 is 0 Å². The van der Waals surface area contributed by atoms with Crippen LogP contribution < -0.4 is 4.90 Å². The number of hydrogen-bond acceptors (Lipinski definition) is 2. The molecule has 26 heavy (non-hydrogen) atoms. The van der Waals surface area contributed by atoms with Crippen LogP contribution in [0.15, 0.2) is 72.8 Å². The van der Waals surface area contributed by atoms with E-state index >= 15 is 0 Å². The van der Waals surface area contributed by atoms with Crippen molar-refractivity contribution in [3.8, 4) is 0 Å². The van der Waals surface area contributed by atoms with Crippen LogP contribution in [-0.2, 0) is 16.0 Å². The van der Waals surface area contributed by atoms with Gasteiger partial charge in [-0.05, 0) is 41.8 Å². The summed E-state index contributed by atoms with van der Waals surface area (Å²) in [5.41, 5.74) is 1.98. The summed E-state index contributed by atoms with van der Waals surface area (Å²) in [4.78, 5) is 26.2. The molecule has 0 aliphatic heterocycles. The van der Waals surface area contributed by atoms with Gasteiger partial charge < -0.3 is 9.69 Å². The SMILES string of the molecule is CCN(C(=O)CC(C=O)Cc1cccc2ccccc12)c1ccccc1. The largest absolute Gasteiger partial charge is 0.313 e. The lowest BCUT2D eigenvalue weighted by Gasteiger charge is -2.22. The molecule has 0 saturated heterocycles. The number of aldehydes is 1. The Bertz CT molecular complexity index is 884. The van der Waals surface area contributed by atoms with Crippen molar-refractivity contribution >= 4 is 28.7 Å². The molecule has 0 heterocycles. The van der Waals surface area contributed by atoms with Gasteiger partial charge in [0.25, 0.3) is 0 Å². The van der Waals surface area contributed by atoms with Crippen molar-refractivity contribution in [1.82, 2.24) is 0 Å². The van der Waals surface area contributed by atoms with Crippen molar-refractivity contribution in [3.05, 3.63) is 78.4 Å². The van der Waals surface area contributed by atoms with E-state index in [0.29, 0.717) is 13.0 Å². The summed E-state index contributed by atoms with van der Waals surface area (Å²) in [6, 6.07) is 23.8. The molecule has 0 aliphatic rings. The summed E-state index contributed by atoms with van der Waals surface area (Å²) >= 11 is 0. The van der Waals surface area contributed by atoms with Gasteiger partial charge in [0.2, 0.25) is 5.91 Å². The van der Waals surface area contributed by atoms with E-state index in [1.807, 2.05) is 61.5 Å². The van der Waals surface area contributed by atoms with Crippen LogP contribution in [0.4, 0.5) is 5.69 Å². The number of rotatable bonds is 7. The molecule has 0 saturated carbocycles. The molecule has 0 bridgehead atoms. The van der Waals surface area contributed by atoms with Crippen LogP contribution in [0.2, 0.25) is 0 Å². The average Bonchev–Trinajstić information content (AvgIpc) is 2.69. The van der Waals surface area contributed by atoms with Gasteiger partial charge in [0.1, 0.15) is 6.29 Å². The van der Waals surface area contributed by atoms with Gasteiger partial charge in [0.15, 0.2) is 0 Å². The Morgan fingerprint density at radius 2 is 1.65 bits per heavy atom. The standard InChI is InChI=1S/C23H23NO2/c1-2-24(21-12-4-3-5-13-21)23(26)16-18(17-25)15-20-11-8-10-19-9-6-7-14-22(19)20/h3-14,17-18H,2,15-16H2,1H3. The molecule has 132 valence electrons. The Kier molecular flexibility index (Phi) is 5.80. The van der Waals surface area contributed by atoms with Crippen molar-refractivity contribution < 1.29 is 9.59 Å². The highest BCUT2D eigenvalue weighted by Crippen LogP contribution is 2.23. The number of benzene rings is 3. The lowest BCUT2D eigenvalue weighted by Crippen LogP contribution is -2.32. The minimum absolute atomic E-state index is 0.0176. The number of fused-ring (bicyclic) bond motifs is 1. The summed E-state index contributed by atoms with van der Waals surface area (Å²) in [7, 11) is 0. The number of anilines is 1. The van der Waals surface area contributed by atoms with Gasteiger partial charge in [-0.15, -0.1) is 0 Å². The molecule has 0 N–H and O–H groups in total. The van der Waals surface area contributed by atoms with Crippen molar-refractivity contribution in [2.75, 3.05) is 11.4 Å². The Morgan fingerprint density at radius 3 is 2.38 bits per heavy atom. The monoisotopic (exact) mass is 345 g/mol. The van der Waals surface area contributed by atoms with Gasteiger partial charge in [0, 0.05) is 24.6 Å². The molecule has 0 fully saturated rings. The summed E-state index contributed by atoms with van der Waals surface area (Å²) in [5, 5.41) is 2.30. The Hall–Kier alpha value is -2.94. The molecule has 0 aromatic heterocycles. The average molecular weight is 345 g/mol. The highest BCUT2D eigenvalue weighted by Gasteiger charge is 2.20. The Morgan fingerprint density at radius 1 is 0.962 bits per heavy atom. The van der Waals surface area contributed by atoms with Gasteiger partial charge in [-0.3, -0.25) is 4.79 Å². The van der Waals surface area contributed by atoms with Crippen molar-refractivity contribution in [3.63, 3.8) is 0 Å². The molecule has 0 aliphatic carbocycles. The Balaban J connectivity index is 1.76. The molecule has 3 nitrogen and oxygen atoms in total. The van der Waals surface area contributed by atoms with Gasteiger partial charge in [-0.1, -0.05) is 60.7 Å². The number of hydrogen-bond donors (Lipinski definition) is 0. The molecule has 3 aromatic rings. The van der Waals surface area contributed by atoms with E-state index in [1.165, 1.54) is 0 Å². The van der Waals surface area contributed by atoms with Crippen LogP contribution in [0.3, 0.4) is 0 Å². The van der Waals surface area contributed by atoms with Crippen LogP contribution in [0.25, 0.3) is 10.8 Å². The summed E-state index contributed by atoms with van der Waals surface area (Å²) < 4.78 is 0. The molecule has 1 atom stereocenters. The third kappa shape index (κ3) is 3.99. The van der Waals surface area contributed by atoms with Crippen LogP contribution in [0, 0.1) is 5.92 Å². The lowest BCUT2D eigenvalue weighted by molar-refractivity contribution is -0.122. The van der Waals surface area contributed by atoms with E-state index in [0.717, 1.165) is 28.3 Å². The third-order valence-electron chi connectivity index (χ3n) is 4.68. The topological polar surface area (TPSA) is 37.4 Å². The first-order valence-corrected chi connectivity index (χ1v) is 9.00. The van der Waals surface area contributed by atoms with Crippen molar-refractivity contribution in [2.45, 2.75) is 19.8 Å².